The number of ether oxygens (including phenoxy) is 1. The lowest BCUT2D eigenvalue weighted by molar-refractivity contribution is -0.132. The SMILES string of the molecule is C#CCN1CCN(C(=O)CCCc2ccc(OC)c(F)c2)CC1. The molecule has 1 aromatic rings. The highest BCUT2D eigenvalue weighted by Crippen LogP contribution is 2.19. The van der Waals surface area contributed by atoms with Crippen molar-refractivity contribution in [3.8, 4) is 18.1 Å². The topological polar surface area (TPSA) is 32.8 Å². The zero-order chi connectivity index (χ0) is 16.7. The number of benzene rings is 1. The third kappa shape index (κ3) is 4.97. The lowest BCUT2D eigenvalue weighted by Crippen LogP contribution is -2.48. The molecule has 0 bridgehead atoms. The predicted molar refractivity (Wildman–Crippen MR) is 87.7 cm³/mol. The molecule has 0 spiro atoms. The lowest BCUT2D eigenvalue weighted by Gasteiger charge is -2.33. The Labute approximate surface area is 137 Å². The smallest absolute Gasteiger partial charge is 0.222 e. The van der Waals surface area contributed by atoms with E-state index in [-0.39, 0.29) is 17.5 Å². The van der Waals surface area contributed by atoms with Crippen molar-refractivity contribution >= 4 is 5.91 Å². The maximum absolute atomic E-state index is 13.6. The van der Waals surface area contributed by atoms with E-state index in [9.17, 15) is 9.18 Å². The molecule has 1 aliphatic heterocycles. The minimum atomic E-state index is -0.360. The Kier molecular flexibility index (Phi) is 6.42. The number of halogens is 1. The molecule has 1 aliphatic rings. The van der Waals surface area contributed by atoms with E-state index in [0.717, 1.165) is 38.2 Å². The monoisotopic (exact) mass is 318 g/mol. The van der Waals surface area contributed by atoms with Crippen LogP contribution < -0.4 is 4.74 Å². The fourth-order valence-corrected chi connectivity index (χ4v) is 2.75. The quantitative estimate of drug-likeness (QED) is 0.752. The second-order valence-corrected chi connectivity index (χ2v) is 5.68. The standard InChI is InChI=1S/C18H23FN2O2/c1-3-9-20-10-12-21(13-11-20)18(22)6-4-5-15-7-8-17(23-2)16(19)14-15/h1,7-8,14H,4-6,9-13H2,2H3. The van der Waals surface area contributed by atoms with Gasteiger partial charge < -0.3 is 9.64 Å². The van der Waals surface area contributed by atoms with Crippen LogP contribution in [0.25, 0.3) is 0 Å². The van der Waals surface area contributed by atoms with Crippen molar-refractivity contribution in [3.63, 3.8) is 0 Å². The molecular weight excluding hydrogens is 295 g/mol. The molecule has 0 N–H and O–H groups in total. The molecule has 5 heteroatoms. The Morgan fingerprint density at radius 3 is 2.70 bits per heavy atom. The van der Waals surface area contributed by atoms with E-state index >= 15 is 0 Å². The van der Waals surface area contributed by atoms with Gasteiger partial charge in [0.2, 0.25) is 5.91 Å². The van der Waals surface area contributed by atoms with Crippen molar-refractivity contribution in [2.75, 3.05) is 39.8 Å². The van der Waals surface area contributed by atoms with Crippen LogP contribution in [0.3, 0.4) is 0 Å². The number of piperazine rings is 1. The van der Waals surface area contributed by atoms with Gasteiger partial charge in [-0.15, -0.1) is 6.42 Å². The minimum absolute atomic E-state index is 0.166. The molecule has 1 heterocycles. The van der Waals surface area contributed by atoms with Crippen LogP contribution in [0.15, 0.2) is 18.2 Å². The van der Waals surface area contributed by atoms with Gasteiger partial charge in [0.05, 0.1) is 13.7 Å². The summed E-state index contributed by atoms with van der Waals surface area (Å²) in [6.45, 7) is 3.78. The van der Waals surface area contributed by atoms with Crippen LogP contribution in [-0.4, -0.2) is 55.5 Å². The molecule has 0 aliphatic carbocycles. The minimum Gasteiger partial charge on any atom is -0.494 e. The highest BCUT2D eigenvalue weighted by molar-refractivity contribution is 5.76. The molecule has 0 unspecified atom stereocenters. The first-order chi connectivity index (χ1) is 11.1. The zero-order valence-electron chi connectivity index (χ0n) is 13.6. The number of terminal acetylenes is 1. The number of hydrogen-bond acceptors (Lipinski definition) is 3. The second-order valence-electron chi connectivity index (χ2n) is 5.68. The van der Waals surface area contributed by atoms with Crippen molar-refractivity contribution in [3.05, 3.63) is 29.6 Å². The lowest BCUT2D eigenvalue weighted by atomic mass is 10.1. The third-order valence-electron chi connectivity index (χ3n) is 4.11. The fourth-order valence-electron chi connectivity index (χ4n) is 2.75. The van der Waals surface area contributed by atoms with Gasteiger partial charge in [-0.05, 0) is 30.5 Å². The van der Waals surface area contributed by atoms with Gasteiger partial charge in [-0.2, -0.15) is 0 Å². The fraction of sp³-hybridized carbons (Fsp3) is 0.500. The number of methoxy groups -OCH3 is 1. The number of carbonyl (C=O) groups is 1. The van der Waals surface area contributed by atoms with Gasteiger partial charge in [0.25, 0.3) is 0 Å². The molecule has 23 heavy (non-hydrogen) atoms. The zero-order valence-corrected chi connectivity index (χ0v) is 13.6. The second kappa shape index (κ2) is 8.54. The van der Waals surface area contributed by atoms with Crippen LogP contribution in [0.1, 0.15) is 18.4 Å². The van der Waals surface area contributed by atoms with Gasteiger partial charge >= 0.3 is 0 Å². The number of aryl methyl sites for hydroxylation is 1. The van der Waals surface area contributed by atoms with E-state index < -0.39 is 0 Å². The summed E-state index contributed by atoms with van der Waals surface area (Å²) in [5, 5.41) is 0. The molecule has 0 saturated carbocycles. The Morgan fingerprint density at radius 1 is 1.35 bits per heavy atom. The van der Waals surface area contributed by atoms with Gasteiger partial charge in [0.15, 0.2) is 11.6 Å². The van der Waals surface area contributed by atoms with Gasteiger partial charge in [-0.3, -0.25) is 9.69 Å². The summed E-state index contributed by atoms with van der Waals surface area (Å²) < 4.78 is 18.5. The van der Waals surface area contributed by atoms with Crippen LogP contribution in [0, 0.1) is 18.2 Å². The molecule has 0 radical (unpaired) electrons. The molecular formula is C18H23FN2O2. The third-order valence-corrected chi connectivity index (χ3v) is 4.11. The Morgan fingerprint density at radius 2 is 2.09 bits per heavy atom. The molecule has 1 aromatic carbocycles. The van der Waals surface area contributed by atoms with Crippen LogP contribution in [0.4, 0.5) is 4.39 Å². The number of rotatable bonds is 6. The molecule has 0 atom stereocenters. The van der Waals surface area contributed by atoms with Crippen LogP contribution >= 0.6 is 0 Å². The first-order valence-corrected chi connectivity index (χ1v) is 7.90. The van der Waals surface area contributed by atoms with Gasteiger partial charge in [-0.1, -0.05) is 12.0 Å². The number of nitrogens with zero attached hydrogens (tertiary/aromatic N) is 2. The highest BCUT2D eigenvalue weighted by Gasteiger charge is 2.19. The van der Waals surface area contributed by atoms with Gasteiger partial charge in [0.1, 0.15) is 0 Å². The van der Waals surface area contributed by atoms with Gasteiger partial charge in [0, 0.05) is 32.6 Å². The van der Waals surface area contributed by atoms with Gasteiger partial charge in [-0.25, -0.2) is 4.39 Å². The number of carbonyl (C=O) groups excluding carboxylic acids is 1. The Balaban J connectivity index is 1.73. The summed E-state index contributed by atoms with van der Waals surface area (Å²) in [7, 11) is 1.44. The first kappa shape index (κ1) is 17.3. The Hall–Kier alpha value is -2.06. The van der Waals surface area contributed by atoms with Crippen molar-refractivity contribution in [1.29, 1.82) is 0 Å². The van der Waals surface area contributed by atoms with Crippen LogP contribution in [-0.2, 0) is 11.2 Å². The average molecular weight is 318 g/mol. The van der Waals surface area contributed by atoms with E-state index in [2.05, 4.69) is 10.8 Å². The summed E-state index contributed by atoms with van der Waals surface area (Å²) in [6, 6.07) is 4.93. The van der Waals surface area contributed by atoms with E-state index in [1.807, 2.05) is 11.0 Å². The molecule has 124 valence electrons. The molecule has 2 rings (SSSR count). The molecule has 1 saturated heterocycles. The number of amides is 1. The summed E-state index contributed by atoms with van der Waals surface area (Å²) in [5.74, 6) is 2.68. The predicted octanol–water partition coefficient (Wildman–Crippen LogP) is 1.93. The first-order valence-electron chi connectivity index (χ1n) is 7.90. The van der Waals surface area contributed by atoms with Crippen LogP contribution in [0.5, 0.6) is 5.75 Å². The van der Waals surface area contributed by atoms with Crippen molar-refractivity contribution < 1.29 is 13.9 Å². The van der Waals surface area contributed by atoms with E-state index in [0.29, 0.717) is 19.4 Å². The van der Waals surface area contributed by atoms with Crippen molar-refractivity contribution in [1.82, 2.24) is 9.80 Å². The molecule has 0 aromatic heterocycles. The normalized spacial score (nSPS) is 15.3. The summed E-state index contributed by atoms with van der Waals surface area (Å²) >= 11 is 0. The maximum Gasteiger partial charge on any atom is 0.222 e. The largest absolute Gasteiger partial charge is 0.494 e. The molecule has 1 fully saturated rings. The summed E-state index contributed by atoms with van der Waals surface area (Å²) in [4.78, 5) is 16.3. The Bertz CT molecular complexity index is 575. The highest BCUT2D eigenvalue weighted by atomic mass is 19.1. The van der Waals surface area contributed by atoms with Crippen LogP contribution in [0.2, 0.25) is 0 Å². The maximum atomic E-state index is 13.6. The van der Waals surface area contributed by atoms with E-state index in [1.165, 1.54) is 13.2 Å². The summed E-state index contributed by atoms with van der Waals surface area (Å²) in [6.07, 6.45) is 7.19. The average Bonchev–Trinajstić information content (AvgIpc) is 2.56. The summed E-state index contributed by atoms with van der Waals surface area (Å²) in [5.41, 5.74) is 0.884. The van der Waals surface area contributed by atoms with Crippen molar-refractivity contribution in [2.45, 2.75) is 19.3 Å². The van der Waals surface area contributed by atoms with E-state index in [4.69, 9.17) is 11.2 Å². The number of hydrogen-bond donors (Lipinski definition) is 0. The van der Waals surface area contributed by atoms with Crippen molar-refractivity contribution in [2.24, 2.45) is 0 Å². The van der Waals surface area contributed by atoms with E-state index in [1.54, 1.807) is 6.07 Å². The molecule has 1 amide bonds. The molecule has 4 nitrogen and oxygen atoms in total.